The molecule has 0 aliphatic carbocycles. The molecule has 0 heterocycles. The molecular weight excluding hydrogens is 581 g/mol. The molecule has 0 aliphatic heterocycles. The van der Waals surface area contributed by atoms with Crippen molar-refractivity contribution in [1.82, 2.24) is 0 Å². The molecule has 0 amide bonds. The molecule has 0 radical (unpaired) electrons. The number of rotatable bonds is 9. The summed E-state index contributed by atoms with van der Waals surface area (Å²) in [7, 11) is -24.1. The van der Waals surface area contributed by atoms with Crippen molar-refractivity contribution < 1.29 is 90.4 Å². The smallest absolute Gasteiger partial charge is 0.270 e. The minimum atomic E-state index is -8.46. The molecule has 0 aromatic rings. The lowest BCUT2D eigenvalue weighted by Gasteiger charge is -2.41. The fourth-order valence-corrected chi connectivity index (χ4v) is 7.60. The molecule has 6 nitrogen and oxygen atoms in total. The molecule has 0 aromatic heterocycles. The van der Waals surface area contributed by atoms with Crippen LogP contribution in [-0.4, -0.2) is 65.9 Å². The summed E-state index contributed by atoms with van der Waals surface area (Å²) in [5.41, 5.74) is -21.6. The first-order valence-corrected chi connectivity index (χ1v) is 12.2. The van der Waals surface area contributed by atoms with Crippen LogP contribution in [-0.2, 0) is 28.0 Å². The highest BCUT2D eigenvalue weighted by Crippen LogP contribution is 2.57. The summed E-state index contributed by atoms with van der Waals surface area (Å²) in [5, 5.41) is 0. The predicted octanol–water partition coefficient (Wildman–Crippen LogP) is 4.23. The highest BCUT2D eigenvalue weighted by Gasteiger charge is 2.88. The van der Waals surface area contributed by atoms with E-state index in [9.17, 15) is 82.7 Å². The van der Waals surface area contributed by atoms with Crippen LogP contribution in [0, 0.1) is 0 Å². The summed E-state index contributed by atoms with van der Waals surface area (Å²) in [6, 6.07) is 0. The molecule has 0 aliphatic rings. The second kappa shape index (κ2) is 8.29. The van der Waals surface area contributed by atoms with E-state index in [0.29, 0.717) is 0 Å². The Bertz CT molecular complexity index is 890. The van der Waals surface area contributed by atoms with Gasteiger partial charge in [-0.15, -0.1) is 0 Å². The van der Waals surface area contributed by atoms with Gasteiger partial charge in [0.05, 0.1) is 0 Å². The third-order valence-corrected chi connectivity index (χ3v) is 10.3. The number of hydrogen-bond donors (Lipinski definition) is 0. The van der Waals surface area contributed by atoms with Gasteiger partial charge >= 0.3 is 63.1 Å². The molecule has 0 saturated heterocycles. The standard InChI is InChI=1S/C9H7F15O6S2Si/c1-3(10)4(11,12)5(13,14)6(15,16)7(17,18)33(2,29-31(25,26)8(19,20)21)30-32(27,28)9(22,23)24/h3H,1-2H3. The highest BCUT2D eigenvalue weighted by molar-refractivity contribution is 7.90. The molecule has 0 fully saturated rings. The zero-order chi connectivity index (χ0) is 27.5. The molecule has 1 atom stereocenters. The van der Waals surface area contributed by atoms with Gasteiger partial charge in [-0.2, -0.15) is 78.3 Å². The molecule has 0 bridgehead atoms. The Hall–Kier alpha value is -1.01. The Kier molecular flexibility index (Phi) is 8.03. The third-order valence-electron chi connectivity index (χ3n) is 3.38. The van der Waals surface area contributed by atoms with Gasteiger partial charge < -0.3 is 0 Å². The summed E-state index contributed by atoms with van der Waals surface area (Å²) in [6.45, 7) is -1.92. The zero-order valence-corrected chi connectivity index (χ0v) is 17.6. The van der Waals surface area contributed by atoms with Crippen LogP contribution in [0.25, 0.3) is 0 Å². The first kappa shape index (κ1) is 32.0. The molecule has 24 heteroatoms. The third kappa shape index (κ3) is 5.17. The van der Waals surface area contributed by atoms with E-state index < -0.39 is 82.8 Å². The monoisotopic (exact) mass is 588 g/mol. The molecule has 0 aromatic carbocycles. The van der Waals surface area contributed by atoms with Crippen molar-refractivity contribution >= 4 is 28.8 Å². The van der Waals surface area contributed by atoms with E-state index in [0.717, 1.165) is 0 Å². The Labute approximate surface area is 174 Å². The molecule has 200 valence electrons. The maximum atomic E-state index is 14.2. The summed E-state index contributed by atoms with van der Waals surface area (Å²) < 4.78 is 245. The molecule has 0 saturated carbocycles. The Morgan fingerprint density at radius 2 is 0.909 bits per heavy atom. The second-order valence-corrected chi connectivity index (χ2v) is 12.5. The van der Waals surface area contributed by atoms with Crippen molar-refractivity contribution in [2.45, 2.75) is 54.0 Å². The van der Waals surface area contributed by atoms with Crippen LogP contribution in [0.5, 0.6) is 0 Å². The van der Waals surface area contributed by atoms with Crippen molar-refractivity contribution in [1.29, 1.82) is 0 Å². The van der Waals surface area contributed by atoms with Gasteiger partial charge in [0.1, 0.15) is 0 Å². The first-order chi connectivity index (χ1) is 13.9. The van der Waals surface area contributed by atoms with Crippen molar-refractivity contribution in [3.8, 4) is 0 Å². The Balaban J connectivity index is 7.23. The van der Waals surface area contributed by atoms with Gasteiger partial charge in [0.15, 0.2) is 6.17 Å². The lowest BCUT2D eigenvalue weighted by Crippen LogP contribution is -2.74. The van der Waals surface area contributed by atoms with E-state index in [1.54, 1.807) is 0 Å². The SMILES string of the molecule is CC(F)C(F)(F)C(F)(F)C(F)(F)C(F)(F)[Si](C)(OS(=O)(=O)C(F)(F)F)OS(=O)(=O)C(F)(F)F. The number of alkyl halides is 15. The minimum absolute atomic E-state index is 0.603. The second-order valence-electron chi connectivity index (χ2n) is 5.87. The molecule has 33 heavy (non-hydrogen) atoms. The maximum absolute atomic E-state index is 14.2. The number of hydrogen-bond acceptors (Lipinski definition) is 6. The summed E-state index contributed by atoms with van der Waals surface area (Å²) in [6.07, 6.45) is -4.43. The fraction of sp³-hybridized carbons (Fsp3) is 1.00. The van der Waals surface area contributed by atoms with E-state index in [4.69, 9.17) is 0 Å². The van der Waals surface area contributed by atoms with Crippen LogP contribution in [0.3, 0.4) is 0 Å². The van der Waals surface area contributed by atoms with Crippen LogP contribution in [0.2, 0.25) is 6.55 Å². The topological polar surface area (TPSA) is 86.7 Å². The average molecular weight is 588 g/mol. The van der Waals surface area contributed by atoms with Crippen molar-refractivity contribution in [3.05, 3.63) is 0 Å². The lowest BCUT2D eigenvalue weighted by molar-refractivity contribution is -0.362. The molecule has 0 spiro atoms. The van der Waals surface area contributed by atoms with E-state index in [1.165, 1.54) is 0 Å². The van der Waals surface area contributed by atoms with E-state index in [1.807, 2.05) is 0 Å². The first-order valence-electron chi connectivity index (χ1n) is 7.05. The average Bonchev–Trinajstić information content (AvgIpc) is 2.50. The fourth-order valence-electron chi connectivity index (χ4n) is 1.57. The summed E-state index contributed by atoms with van der Waals surface area (Å²) in [5.74, 6) is -22.5. The van der Waals surface area contributed by atoms with E-state index in [-0.39, 0.29) is 0 Å². The van der Waals surface area contributed by atoms with Crippen LogP contribution in [0.4, 0.5) is 65.9 Å². The van der Waals surface area contributed by atoms with Gasteiger partial charge in [-0.3, -0.25) is 7.74 Å². The van der Waals surface area contributed by atoms with Gasteiger partial charge in [-0.1, -0.05) is 0 Å². The molecule has 0 rings (SSSR count). The van der Waals surface area contributed by atoms with Crippen LogP contribution < -0.4 is 0 Å². The zero-order valence-electron chi connectivity index (χ0n) is 15.0. The van der Waals surface area contributed by atoms with Crippen LogP contribution >= 0.6 is 0 Å². The summed E-state index contributed by atoms with van der Waals surface area (Å²) in [4.78, 5) is 0. The lowest BCUT2D eigenvalue weighted by atomic mass is 10.0. The predicted molar refractivity (Wildman–Crippen MR) is 74.1 cm³/mol. The normalized spacial score (nSPS) is 17.2. The van der Waals surface area contributed by atoms with Gasteiger partial charge in [0.2, 0.25) is 0 Å². The number of halogens is 15. The molecule has 0 N–H and O–H groups in total. The van der Waals surface area contributed by atoms with E-state index >= 15 is 0 Å². The van der Waals surface area contributed by atoms with Gasteiger partial charge in [-0.05, 0) is 13.5 Å². The minimum Gasteiger partial charge on any atom is -0.270 e. The summed E-state index contributed by atoms with van der Waals surface area (Å²) >= 11 is 0. The van der Waals surface area contributed by atoms with Crippen molar-refractivity contribution in [3.63, 3.8) is 0 Å². The molecular formula is C9H7F15O6S2Si. The highest BCUT2D eigenvalue weighted by atomic mass is 32.2. The van der Waals surface area contributed by atoms with Gasteiger partial charge in [0, 0.05) is 0 Å². The van der Waals surface area contributed by atoms with Crippen molar-refractivity contribution in [2.24, 2.45) is 0 Å². The van der Waals surface area contributed by atoms with Gasteiger partial charge in [0.25, 0.3) is 0 Å². The van der Waals surface area contributed by atoms with E-state index in [2.05, 4.69) is 7.74 Å². The Morgan fingerprint density at radius 1 is 0.636 bits per heavy atom. The van der Waals surface area contributed by atoms with Crippen LogP contribution in [0.1, 0.15) is 6.92 Å². The Morgan fingerprint density at radius 3 is 1.12 bits per heavy atom. The van der Waals surface area contributed by atoms with Crippen LogP contribution in [0.15, 0.2) is 0 Å². The molecule has 1 unspecified atom stereocenters. The van der Waals surface area contributed by atoms with Gasteiger partial charge in [-0.25, -0.2) is 4.39 Å². The quantitative estimate of drug-likeness (QED) is 0.228. The maximum Gasteiger partial charge on any atom is 0.522 e. The van der Waals surface area contributed by atoms with Crippen molar-refractivity contribution in [2.75, 3.05) is 0 Å². The largest absolute Gasteiger partial charge is 0.522 e.